The van der Waals surface area contributed by atoms with Crippen molar-refractivity contribution in [3.05, 3.63) is 28.7 Å². The molecule has 1 heterocycles. The molecular weight excluding hydrogens is 310 g/mol. The van der Waals surface area contributed by atoms with Crippen LogP contribution in [0.15, 0.2) is 23.1 Å². The highest BCUT2D eigenvalue weighted by atomic mass is 32.2. The maximum atomic E-state index is 11.6. The Morgan fingerprint density at radius 3 is 2.68 bits per heavy atom. The molecule has 0 saturated carbocycles. The summed E-state index contributed by atoms with van der Waals surface area (Å²) in [5, 5.41) is 12.5. The normalized spacial score (nSPS) is 17.3. The standard InChI is InChI=1S/C14H13NO6S/c1-7(13(17)18)21-9-5-3-4-8(11(9)20-2)6-10-12(16)15-14(19)22-10/h3-7H,1-2H3,(H,17,18)(H,15,16,19)/p-1/b10-6+/t7-/m0/s1. The predicted octanol–water partition coefficient (Wildman–Crippen LogP) is 0.536. The Balaban J connectivity index is 2.37. The average molecular weight is 322 g/mol. The second kappa shape index (κ2) is 6.52. The lowest BCUT2D eigenvalue weighted by Crippen LogP contribution is -2.37. The summed E-state index contributed by atoms with van der Waals surface area (Å²) in [6, 6.07) is 4.80. The third-order valence-electron chi connectivity index (χ3n) is 2.78. The lowest BCUT2D eigenvalue weighted by molar-refractivity contribution is -0.312. The molecule has 0 aromatic heterocycles. The van der Waals surface area contributed by atoms with E-state index in [1.54, 1.807) is 12.1 Å². The summed E-state index contributed by atoms with van der Waals surface area (Å²) in [5.41, 5.74) is 0.484. The van der Waals surface area contributed by atoms with Gasteiger partial charge in [0.1, 0.15) is 6.10 Å². The van der Waals surface area contributed by atoms with Crippen LogP contribution in [-0.4, -0.2) is 30.3 Å². The molecule has 116 valence electrons. The van der Waals surface area contributed by atoms with Crippen molar-refractivity contribution in [3.63, 3.8) is 0 Å². The zero-order valence-electron chi connectivity index (χ0n) is 11.7. The number of imide groups is 1. The molecule has 1 fully saturated rings. The van der Waals surface area contributed by atoms with Gasteiger partial charge in [0, 0.05) is 5.56 Å². The number of amides is 2. The van der Waals surface area contributed by atoms with Crippen LogP contribution in [0.2, 0.25) is 0 Å². The summed E-state index contributed by atoms with van der Waals surface area (Å²) in [7, 11) is 1.39. The van der Waals surface area contributed by atoms with Crippen molar-refractivity contribution in [1.82, 2.24) is 5.32 Å². The Kier molecular flexibility index (Phi) is 4.71. The number of carboxylic acid groups (broad SMARTS) is 1. The third kappa shape index (κ3) is 3.40. The Morgan fingerprint density at radius 1 is 1.41 bits per heavy atom. The average Bonchev–Trinajstić information content (AvgIpc) is 2.77. The Labute approximate surface area is 130 Å². The second-order valence-corrected chi connectivity index (χ2v) is 5.32. The summed E-state index contributed by atoms with van der Waals surface area (Å²) >= 11 is 0.773. The first-order chi connectivity index (χ1) is 10.4. The van der Waals surface area contributed by atoms with Crippen molar-refractivity contribution in [2.75, 3.05) is 7.11 Å². The van der Waals surface area contributed by atoms with Crippen LogP contribution in [0.4, 0.5) is 4.79 Å². The summed E-state index contributed by atoms with van der Waals surface area (Å²) < 4.78 is 10.5. The Morgan fingerprint density at radius 2 is 2.14 bits per heavy atom. The highest BCUT2D eigenvalue weighted by molar-refractivity contribution is 8.18. The molecule has 1 aromatic carbocycles. The van der Waals surface area contributed by atoms with Gasteiger partial charge >= 0.3 is 0 Å². The van der Waals surface area contributed by atoms with E-state index < -0.39 is 23.2 Å². The van der Waals surface area contributed by atoms with E-state index in [0.29, 0.717) is 5.56 Å². The summed E-state index contributed by atoms with van der Waals surface area (Å²) in [4.78, 5) is 33.7. The highest BCUT2D eigenvalue weighted by Gasteiger charge is 2.25. The topological polar surface area (TPSA) is 105 Å². The molecule has 0 unspecified atom stereocenters. The van der Waals surface area contributed by atoms with Crippen LogP contribution in [0.1, 0.15) is 12.5 Å². The number of carbonyl (C=O) groups is 3. The van der Waals surface area contributed by atoms with Gasteiger partial charge in [0.25, 0.3) is 11.1 Å². The number of benzene rings is 1. The minimum atomic E-state index is -1.36. The van der Waals surface area contributed by atoms with E-state index in [-0.39, 0.29) is 16.4 Å². The minimum absolute atomic E-state index is 0.197. The number of nitrogens with one attached hydrogen (secondary N) is 1. The van der Waals surface area contributed by atoms with Gasteiger partial charge in [-0.25, -0.2) is 0 Å². The second-order valence-electron chi connectivity index (χ2n) is 4.31. The van der Waals surface area contributed by atoms with E-state index in [2.05, 4.69) is 5.32 Å². The van der Waals surface area contributed by atoms with E-state index >= 15 is 0 Å². The van der Waals surface area contributed by atoms with Crippen molar-refractivity contribution in [1.29, 1.82) is 0 Å². The van der Waals surface area contributed by atoms with Gasteiger partial charge in [0.15, 0.2) is 11.5 Å². The van der Waals surface area contributed by atoms with Crippen molar-refractivity contribution >= 4 is 35.0 Å². The van der Waals surface area contributed by atoms with Crippen LogP contribution >= 0.6 is 11.8 Å². The highest BCUT2D eigenvalue weighted by Crippen LogP contribution is 2.35. The molecule has 2 rings (SSSR count). The fourth-order valence-corrected chi connectivity index (χ4v) is 2.43. The maximum Gasteiger partial charge on any atom is 0.290 e. The molecule has 0 spiro atoms. The van der Waals surface area contributed by atoms with Crippen molar-refractivity contribution in [3.8, 4) is 11.5 Å². The number of thioether (sulfide) groups is 1. The first-order valence-electron chi connectivity index (χ1n) is 6.21. The lowest BCUT2D eigenvalue weighted by Gasteiger charge is -2.18. The zero-order valence-corrected chi connectivity index (χ0v) is 12.6. The van der Waals surface area contributed by atoms with E-state index in [1.165, 1.54) is 26.2 Å². The lowest BCUT2D eigenvalue weighted by atomic mass is 10.1. The molecule has 1 aliphatic rings. The molecule has 1 N–H and O–H groups in total. The van der Waals surface area contributed by atoms with Crippen LogP contribution in [0.5, 0.6) is 11.5 Å². The predicted molar refractivity (Wildman–Crippen MR) is 77.2 cm³/mol. The van der Waals surface area contributed by atoms with Gasteiger partial charge in [-0.05, 0) is 30.8 Å². The number of hydrogen-bond acceptors (Lipinski definition) is 7. The Hall–Kier alpha value is -2.48. The number of methoxy groups -OCH3 is 1. The van der Waals surface area contributed by atoms with Gasteiger partial charge in [-0.1, -0.05) is 12.1 Å². The molecule has 0 radical (unpaired) electrons. The van der Waals surface area contributed by atoms with Crippen molar-refractivity contribution < 1.29 is 29.0 Å². The molecule has 2 amide bonds. The molecule has 0 bridgehead atoms. The van der Waals surface area contributed by atoms with Gasteiger partial charge in [0.05, 0.1) is 18.0 Å². The van der Waals surface area contributed by atoms with Gasteiger partial charge in [0.2, 0.25) is 0 Å². The summed E-state index contributed by atoms with van der Waals surface area (Å²) in [6.07, 6.45) is 0.308. The number of rotatable bonds is 5. The SMILES string of the molecule is COc1c(/C=C2/SC(=O)NC2=O)cccc1O[C@@H](C)C(=O)[O-]. The van der Waals surface area contributed by atoms with Crippen LogP contribution in [0.25, 0.3) is 6.08 Å². The fourth-order valence-electron chi connectivity index (χ4n) is 1.76. The molecule has 1 atom stereocenters. The van der Waals surface area contributed by atoms with E-state index in [1.807, 2.05) is 0 Å². The number of para-hydroxylation sites is 1. The Bertz CT molecular complexity index is 669. The van der Waals surface area contributed by atoms with Gasteiger partial charge in [-0.2, -0.15) is 0 Å². The first kappa shape index (κ1) is 15.9. The number of ether oxygens (including phenoxy) is 2. The van der Waals surface area contributed by atoms with E-state index in [4.69, 9.17) is 9.47 Å². The molecule has 1 aromatic rings. The van der Waals surface area contributed by atoms with Crippen LogP contribution < -0.4 is 19.9 Å². The molecule has 7 nitrogen and oxygen atoms in total. The zero-order chi connectivity index (χ0) is 16.3. The minimum Gasteiger partial charge on any atom is -0.546 e. The summed E-state index contributed by atoms with van der Waals surface area (Å²) in [5.74, 6) is -1.40. The van der Waals surface area contributed by atoms with Crippen LogP contribution in [0, 0.1) is 0 Å². The van der Waals surface area contributed by atoms with E-state index in [9.17, 15) is 19.5 Å². The van der Waals surface area contributed by atoms with Crippen LogP contribution in [0.3, 0.4) is 0 Å². The van der Waals surface area contributed by atoms with Gasteiger partial charge in [-0.15, -0.1) is 0 Å². The smallest absolute Gasteiger partial charge is 0.290 e. The van der Waals surface area contributed by atoms with Crippen molar-refractivity contribution in [2.45, 2.75) is 13.0 Å². The summed E-state index contributed by atoms with van der Waals surface area (Å²) in [6.45, 7) is 1.33. The molecular formula is C14H12NO6S-. The number of aliphatic carboxylic acids is 1. The molecule has 1 saturated heterocycles. The molecule has 8 heteroatoms. The van der Waals surface area contributed by atoms with Crippen molar-refractivity contribution in [2.24, 2.45) is 0 Å². The fraction of sp³-hybridized carbons (Fsp3) is 0.214. The first-order valence-corrected chi connectivity index (χ1v) is 7.03. The third-order valence-corrected chi connectivity index (χ3v) is 3.59. The maximum absolute atomic E-state index is 11.6. The number of carbonyl (C=O) groups excluding carboxylic acids is 3. The molecule has 0 aliphatic carbocycles. The van der Waals surface area contributed by atoms with E-state index in [0.717, 1.165) is 11.8 Å². The molecule has 1 aliphatic heterocycles. The van der Waals surface area contributed by atoms with Gasteiger partial charge < -0.3 is 19.4 Å². The largest absolute Gasteiger partial charge is 0.546 e. The molecule has 22 heavy (non-hydrogen) atoms. The van der Waals surface area contributed by atoms with Crippen LogP contribution in [-0.2, 0) is 9.59 Å². The monoisotopic (exact) mass is 322 g/mol. The number of hydrogen-bond donors (Lipinski definition) is 1. The van der Waals surface area contributed by atoms with Gasteiger partial charge in [-0.3, -0.25) is 14.9 Å². The number of carboxylic acids is 1. The quantitative estimate of drug-likeness (QED) is 0.789.